The fourth-order valence-corrected chi connectivity index (χ4v) is 2.48. The Labute approximate surface area is 66.7 Å². The molecule has 66 valence electrons. The maximum atomic E-state index is 2.46. The lowest BCUT2D eigenvalue weighted by Crippen LogP contribution is -2.14. The molecule has 0 radical (unpaired) electrons. The molecule has 0 aliphatic rings. The normalized spacial score (nSPS) is 16.3. The summed E-state index contributed by atoms with van der Waals surface area (Å²) in [4.78, 5) is 0. The molecule has 0 aromatic heterocycles. The molecule has 0 heterocycles. The Morgan fingerprint density at radius 1 is 0.900 bits per heavy atom. The van der Waals surface area contributed by atoms with Crippen molar-refractivity contribution in [2.45, 2.75) is 26.2 Å². The van der Waals surface area contributed by atoms with Crippen LogP contribution in [0.25, 0.3) is 0 Å². The molecular weight excluding hydrogens is 140 g/mol. The Morgan fingerprint density at radius 3 is 1.70 bits per heavy atom. The van der Waals surface area contributed by atoms with Gasteiger partial charge in [-0.1, -0.05) is 19.8 Å². The van der Waals surface area contributed by atoms with E-state index in [0.29, 0.717) is 0 Å². The van der Waals surface area contributed by atoms with Crippen LogP contribution in [0.2, 0.25) is 0 Å². The first kappa shape index (κ1) is 10.3. The highest BCUT2D eigenvalue weighted by atomic mass is 32.3. The van der Waals surface area contributed by atoms with Gasteiger partial charge in [-0.3, -0.25) is 9.16 Å². The van der Waals surface area contributed by atoms with Gasteiger partial charge in [0.2, 0.25) is 0 Å². The minimum absolute atomic E-state index is 1.15. The zero-order valence-electron chi connectivity index (χ0n) is 8.28. The van der Waals surface area contributed by atoms with Gasteiger partial charge >= 0.3 is 0 Å². The number of unbranched alkanes of at least 4 members (excludes halogenated alkanes) is 2. The maximum absolute atomic E-state index is 2.46. The van der Waals surface area contributed by atoms with Crippen molar-refractivity contribution in [3.63, 3.8) is 0 Å². The first-order chi connectivity index (χ1) is 4.31. The van der Waals surface area contributed by atoms with Gasteiger partial charge in [0.1, 0.15) is 0 Å². The van der Waals surface area contributed by atoms with Gasteiger partial charge in [-0.15, -0.1) is 0 Å². The summed E-state index contributed by atoms with van der Waals surface area (Å²) in [5.41, 5.74) is 0. The molecule has 0 aromatic carbocycles. The molecule has 0 saturated heterocycles. The van der Waals surface area contributed by atoms with Gasteiger partial charge < -0.3 is 0 Å². The molecule has 0 saturated carbocycles. The zero-order chi connectivity index (χ0) is 8.28. The molecule has 0 bridgehead atoms. The van der Waals surface area contributed by atoms with Crippen molar-refractivity contribution in [2.24, 2.45) is 0 Å². The fourth-order valence-electron chi connectivity index (χ4n) is 0.994. The van der Waals surface area contributed by atoms with Gasteiger partial charge in [-0.05, 0) is 37.2 Å². The third-order valence-corrected chi connectivity index (χ3v) is 3.76. The van der Waals surface area contributed by atoms with Gasteiger partial charge in [0.15, 0.2) is 0 Å². The lowest BCUT2D eigenvalue weighted by molar-refractivity contribution is 0.775. The van der Waals surface area contributed by atoms with Crippen molar-refractivity contribution >= 4 is 9.16 Å². The molecular formula is C9H24S. The highest BCUT2D eigenvalue weighted by molar-refractivity contribution is 8.47. The Balaban J connectivity index is 3.49. The SMILES string of the molecule is CCCCC[SH](C)(C)(C)C. The lowest BCUT2D eigenvalue weighted by Gasteiger charge is -2.47. The van der Waals surface area contributed by atoms with Crippen molar-refractivity contribution in [3.05, 3.63) is 0 Å². The van der Waals surface area contributed by atoms with Gasteiger partial charge in [-0.2, -0.15) is 0 Å². The van der Waals surface area contributed by atoms with Crippen LogP contribution in [0.4, 0.5) is 0 Å². The highest BCUT2D eigenvalue weighted by Gasteiger charge is 2.16. The quantitative estimate of drug-likeness (QED) is 0.479. The van der Waals surface area contributed by atoms with Crippen LogP contribution in [0.3, 0.4) is 0 Å². The first-order valence-corrected chi connectivity index (χ1v) is 8.52. The predicted molar refractivity (Wildman–Crippen MR) is 57.1 cm³/mol. The van der Waals surface area contributed by atoms with E-state index in [4.69, 9.17) is 0 Å². The fraction of sp³-hybridized carbons (Fsp3) is 1.00. The van der Waals surface area contributed by atoms with Crippen LogP contribution in [0, 0.1) is 0 Å². The van der Waals surface area contributed by atoms with Crippen LogP contribution >= 0.6 is 9.16 Å². The summed E-state index contributed by atoms with van der Waals surface area (Å²) in [7, 11) is -1.15. The van der Waals surface area contributed by atoms with E-state index in [1.54, 1.807) is 0 Å². The van der Waals surface area contributed by atoms with E-state index in [-0.39, 0.29) is 0 Å². The minimum Gasteiger partial charge on any atom is -0.292 e. The highest BCUT2D eigenvalue weighted by Crippen LogP contribution is 2.55. The van der Waals surface area contributed by atoms with Crippen molar-refractivity contribution < 1.29 is 0 Å². The van der Waals surface area contributed by atoms with Crippen LogP contribution in [0.1, 0.15) is 26.2 Å². The molecule has 0 amide bonds. The van der Waals surface area contributed by atoms with Crippen LogP contribution in [-0.2, 0) is 0 Å². The molecule has 0 rings (SSSR count). The summed E-state index contributed by atoms with van der Waals surface area (Å²) >= 11 is 0. The Kier molecular flexibility index (Phi) is 3.28. The third kappa shape index (κ3) is 8.35. The van der Waals surface area contributed by atoms with Gasteiger partial charge in [0.25, 0.3) is 0 Å². The second kappa shape index (κ2) is 3.17. The standard InChI is InChI=1S/C9H24S/c1-6-7-8-9-10(2,3,4)5/h10H,6-9H2,1-5H3. The molecule has 1 heteroatoms. The van der Waals surface area contributed by atoms with E-state index in [9.17, 15) is 0 Å². The van der Waals surface area contributed by atoms with Crippen LogP contribution in [0.5, 0.6) is 0 Å². The molecule has 0 unspecified atom stereocenters. The Bertz CT molecular complexity index is 87.8. The van der Waals surface area contributed by atoms with Crippen molar-refractivity contribution in [1.82, 2.24) is 0 Å². The second-order valence-corrected chi connectivity index (χ2v) is 13.7. The predicted octanol–water partition coefficient (Wildman–Crippen LogP) is 2.77. The van der Waals surface area contributed by atoms with E-state index in [1.165, 1.54) is 25.0 Å². The number of rotatable bonds is 4. The van der Waals surface area contributed by atoms with E-state index in [2.05, 4.69) is 31.9 Å². The Morgan fingerprint density at radius 2 is 1.40 bits per heavy atom. The van der Waals surface area contributed by atoms with Gasteiger partial charge in [0, 0.05) is 0 Å². The molecule has 0 aliphatic heterocycles. The van der Waals surface area contributed by atoms with Crippen molar-refractivity contribution in [2.75, 3.05) is 30.8 Å². The molecule has 0 nitrogen and oxygen atoms in total. The average molecular weight is 164 g/mol. The van der Waals surface area contributed by atoms with Crippen LogP contribution < -0.4 is 0 Å². The van der Waals surface area contributed by atoms with E-state index in [0.717, 1.165) is 0 Å². The summed E-state index contributed by atoms with van der Waals surface area (Å²) in [6.07, 6.45) is 14.0. The number of hydrogen-bond donors (Lipinski definition) is 1. The van der Waals surface area contributed by atoms with Gasteiger partial charge in [-0.25, -0.2) is 0 Å². The molecule has 0 fully saturated rings. The summed E-state index contributed by atoms with van der Waals surface area (Å²) in [6, 6.07) is 0. The van der Waals surface area contributed by atoms with E-state index >= 15 is 0 Å². The molecule has 0 aliphatic carbocycles. The minimum atomic E-state index is -1.15. The van der Waals surface area contributed by atoms with E-state index < -0.39 is 9.16 Å². The summed E-state index contributed by atoms with van der Waals surface area (Å²) in [6.45, 7) is 2.27. The third-order valence-electron chi connectivity index (χ3n) is 1.66. The zero-order valence-corrected chi connectivity index (χ0v) is 9.17. The largest absolute Gasteiger partial charge is 0.292 e. The summed E-state index contributed by atoms with van der Waals surface area (Å²) in [5, 5.41) is 0. The molecule has 0 spiro atoms. The van der Waals surface area contributed by atoms with Crippen molar-refractivity contribution in [1.29, 1.82) is 0 Å². The average Bonchev–Trinajstić information content (AvgIpc) is 1.61. The molecule has 0 atom stereocenters. The maximum Gasteiger partial charge on any atom is -0.0365 e. The second-order valence-electron chi connectivity index (χ2n) is 5.38. The molecule has 10 heavy (non-hydrogen) atoms. The van der Waals surface area contributed by atoms with E-state index in [1.807, 2.05) is 0 Å². The van der Waals surface area contributed by atoms with Gasteiger partial charge in [0.05, 0.1) is 0 Å². The molecule has 0 aromatic rings. The summed E-state index contributed by atoms with van der Waals surface area (Å²) in [5.74, 6) is 1.47. The smallest absolute Gasteiger partial charge is 0.0365 e. The van der Waals surface area contributed by atoms with Crippen LogP contribution in [0.15, 0.2) is 0 Å². The topological polar surface area (TPSA) is 0 Å². The summed E-state index contributed by atoms with van der Waals surface area (Å²) < 4.78 is 0. The molecule has 0 N–H and O–H groups in total. The first-order valence-electron chi connectivity index (χ1n) is 4.31. The number of thiol groups is 1. The Hall–Kier alpha value is 0.350. The van der Waals surface area contributed by atoms with Crippen LogP contribution in [-0.4, -0.2) is 30.8 Å². The van der Waals surface area contributed by atoms with Crippen molar-refractivity contribution in [3.8, 4) is 0 Å². The number of hydrogen-bond acceptors (Lipinski definition) is 0. The lowest BCUT2D eigenvalue weighted by atomic mass is 10.3. The monoisotopic (exact) mass is 164 g/mol.